The lowest BCUT2D eigenvalue weighted by molar-refractivity contribution is -0.452. The van der Waals surface area contributed by atoms with Gasteiger partial charge >= 0.3 is 18.4 Å². The molecule has 0 unspecified atom stereocenters. The average molecular weight is 200 g/mol. The minimum atomic E-state index is -6.13. The molecule has 12 heavy (non-hydrogen) atoms. The first-order chi connectivity index (χ1) is 4.96. The molecule has 0 aliphatic rings. The van der Waals surface area contributed by atoms with Crippen molar-refractivity contribution >= 4 is 0 Å². The summed E-state index contributed by atoms with van der Waals surface area (Å²) in [5.41, 5.74) is 0. The molecule has 0 atom stereocenters. The van der Waals surface area contributed by atoms with E-state index < -0.39 is 18.4 Å². The van der Waals surface area contributed by atoms with Gasteiger partial charge in [0.05, 0.1) is 0 Å². The first kappa shape index (κ1) is 11.5. The SMILES string of the molecule is CC(F)(F)OC(F)(F)C(F)(F)F. The van der Waals surface area contributed by atoms with Gasteiger partial charge in [0.15, 0.2) is 0 Å². The summed E-state index contributed by atoms with van der Waals surface area (Å²) in [5, 5.41) is 0. The summed E-state index contributed by atoms with van der Waals surface area (Å²) in [4.78, 5) is 0. The maximum absolute atomic E-state index is 11.6. The Bertz CT molecular complexity index is 154. The molecule has 0 saturated heterocycles. The maximum atomic E-state index is 11.6. The summed E-state index contributed by atoms with van der Waals surface area (Å²) >= 11 is 0. The molecule has 0 aliphatic heterocycles. The van der Waals surface area contributed by atoms with E-state index in [0.717, 1.165) is 0 Å². The molecule has 0 aromatic carbocycles. The van der Waals surface area contributed by atoms with E-state index >= 15 is 0 Å². The Hall–Kier alpha value is -0.530. The molecule has 0 bridgehead atoms. The number of halogens is 7. The number of hydrogen-bond acceptors (Lipinski definition) is 1. The summed E-state index contributed by atoms with van der Waals surface area (Å²) in [6.45, 7) is -0.216. The molecule has 0 amide bonds. The fourth-order valence-electron chi connectivity index (χ4n) is 0.283. The molecular weight excluding hydrogens is 197 g/mol. The van der Waals surface area contributed by atoms with E-state index in [0.29, 0.717) is 0 Å². The third-order valence-corrected chi connectivity index (χ3v) is 0.637. The van der Waals surface area contributed by atoms with Gasteiger partial charge in [0.2, 0.25) is 0 Å². The van der Waals surface area contributed by atoms with Crippen LogP contribution in [-0.4, -0.2) is 18.4 Å². The Morgan fingerprint density at radius 3 is 1.25 bits per heavy atom. The van der Waals surface area contributed by atoms with Gasteiger partial charge in [0.1, 0.15) is 0 Å². The predicted molar refractivity (Wildman–Crippen MR) is 22.7 cm³/mol. The number of rotatable bonds is 2. The van der Waals surface area contributed by atoms with Crippen molar-refractivity contribution in [2.45, 2.75) is 25.3 Å². The van der Waals surface area contributed by atoms with E-state index in [2.05, 4.69) is 4.74 Å². The highest BCUT2D eigenvalue weighted by Crippen LogP contribution is 2.39. The van der Waals surface area contributed by atoms with Crippen LogP contribution in [-0.2, 0) is 4.74 Å². The molecule has 0 spiro atoms. The van der Waals surface area contributed by atoms with Crippen molar-refractivity contribution in [3.8, 4) is 0 Å². The standard InChI is InChI=1S/C4H3F7O/c1-2(5,6)12-4(10,11)3(7,8)9/h1H3. The maximum Gasteiger partial charge on any atom is 0.483 e. The van der Waals surface area contributed by atoms with Crippen LogP contribution in [0.2, 0.25) is 0 Å². The highest BCUT2D eigenvalue weighted by atomic mass is 19.4. The lowest BCUT2D eigenvalue weighted by Gasteiger charge is -2.22. The monoisotopic (exact) mass is 200 g/mol. The Labute approximate surface area is 62.1 Å². The van der Waals surface area contributed by atoms with Gasteiger partial charge in [-0.2, -0.15) is 30.7 Å². The van der Waals surface area contributed by atoms with Crippen molar-refractivity contribution in [3.05, 3.63) is 0 Å². The minimum Gasteiger partial charge on any atom is -0.248 e. The zero-order valence-electron chi connectivity index (χ0n) is 5.55. The molecule has 8 heteroatoms. The Morgan fingerprint density at radius 1 is 0.833 bits per heavy atom. The van der Waals surface area contributed by atoms with Crippen LogP contribution in [0.25, 0.3) is 0 Å². The van der Waals surface area contributed by atoms with E-state index in [1.165, 1.54) is 0 Å². The number of alkyl halides is 7. The summed E-state index contributed by atoms with van der Waals surface area (Å²) in [6.07, 6.45) is -16.5. The van der Waals surface area contributed by atoms with Gasteiger partial charge in [-0.15, -0.1) is 0 Å². The van der Waals surface area contributed by atoms with E-state index in [-0.39, 0.29) is 6.92 Å². The molecule has 0 saturated carbocycles. The molecule has 0 heterocycles. The van der Waals surface area contributed by atoms with Crippen LogP contribution in [0, 0.1) is 0 Å². The normalized spacial score (nSPS) is 15.0. The van der Waals surface area contributed by atoms with Crippen molar-refractivity contribution in [1.82, 2.24) is 0 Å². The molecular formula is C4H3F7O. The lowest BCUT2D eigenvalue weighted by atomic mass is 10.6. The number of hydrogen-bond donors (Lipinski definition) is 0. The average Bonchev–Trinajstić information content (AvgIpc) is 1.52. The number of ether oxygens (including phenoxy) is 1. The first-order valence-corrected chi connectivity index (χ1v) is 2.48. The molecule has 0 aromatic rings. The fraction of sp³-hybridized carbons (Fsp3) is 1.00. The van der Waals surface area contributed by atoms with Crippen LogP contribution in [0.3, 0.4) is 0 Å². The summed E-state index contributed by atoms with van der Waals surface area (Å²) < 4.78 is 82.0. The third kappa shape index (κ3) is 3.24. The topological polar surface area (TPSA) is 9.23 Å². The van der Waals surface area contributed by atoms with Crippen LogP contribution in [0.5, 0.6) is 0 Å². The molecule has 0 rings (SSSR count). The minimum absolute atomic E-state index is 0.216. The van der Waals surface area contributed by atoms with Gasteiger partial charge in [0, 0.05) is 6.92 Å². The van der Waals surface area contributed by atoms with E-state index in [1.54, 1.807) is 0 Å². The van der Waals surface area contributed by atoms with E-state index in [9.17, 15) is 30.7 Å². The molecule has 0 N–H and O–H groups in total. The zero-order valence-corrected chi connectivity index (χ0v) is 5.55. The second-order valence-electron chi connectivity index (χ2n) is 1.92. The van der Waals surface area contributed by atoms with Gasteiger partial charge in [-0.3, -0.25) is 0 Å². The van der Waals surface area contributed by atoms with Crippen molar-refractivity contribution < 1.29 is 35.5 Å². The zero-order chi connectivity index (χ0) is 10.2. The Kier molecular flexibility index (Phi) is 2.63. The van der Waals surface area contributed by atoms with Crippen molar-refractivity contribution in [1.29, 1.82) is 0 Å². The van der Waals surface area contributed by atoms with Crippen LogP contribution in [0.15, 0.2) is 0 Å². The smallest absolute Gasteiger partial charge is 0.248 e. The molecule has 0 fully saturated rings. The van der Waals surface area contributed by atoms with Gasteiger partial charge < -0.3 is 0 Å². The van der Waals surface area contributed by atoms with Crippen LogP contribution >= 0.6 is 0 Å². The largest absolute Gasteiger partial charge is 0.483 e. The quantitative estimate of drug-likeness (QED) is 0.622. The lowest BCUT2D eigenvalue weighted by Crippen LogP contribution is -2.43. The molecule has 0 aliphatic carbocycles. The second kappa shape index (κ2) is 2.75. The van der Waals surface area contributed by atoms with Crippen LogP contribution < -0.4 is 0 Å². The highest BCUT2D eigenvalue weighted by molar-refractivity contribution is 4.65. The highest BCUT2D eigenvalue weighted by Gasteiger charge is 2.62. The third-order valence-electron chi connectivity index (χ3n) is 0.637. The van der Waals surface area contributed by atoms with Crippen molar-refractivity contribution in [3.63, 3.8) is 0 Å². The molecule has 74 valence electrons. The van der Waals surface area contributed by atoms with Crippen molar-refractivity contribution in [2.24, 2.45) is 0 Å². The van der Waals surface area contributed by atoms with Gasteiger partial charge in [-0.05, 0) is 0 Å². The Balaban J connectivity index is 4.44. The van der Waals surface area contributed by atoms with E-state index in [1.807, 2.05) is 0 Å². The summed E-state index contributed by atoms with van der Waals surface area (Å²) in [7, 11) is 0. The second-order valence-corrected chi connectivity index (χ2v) is 1.92. The molecule has 0 aromatic heterocycles. The molecule has 0 radical (unpaired) electrons. The van der Waals surface area contributed by atoms with Crippen LogP contribution in [0.4, 0.5) is 30.7 Å². The van der Waals surface area contributed by atoms with Gasteiger partial charge in [-0.25, -0.2) is 4.74 Å². The summed E-state index contributed by atoms with van der Waals surface area (Å²) in [6, 6.07) is 0. The van der Waals surface area contributed by atoms with E-state index in [4.69, 9.17) is 0 Å². The van der Waals surface area contributed by atoms with Crippen LogP contribution in [0.1, 0.15) is 6.92 Å². The summed E-state index contributed by atoms with van der Waals surface area (Å²) in [5.74, 6) is 0. The predicted octanol–water partition coefficient (Wildman–Crippen LogP) is 2.77. The van der Waals surface area contributed by atoms with Crippen molar-refractivity contribution in [2.75, 3.05) is 0 Å². The fourth-order valence-corrected chi connectivity index (χ4v) is 0.283. The first-order valence-electron chi connectivity index (χ1n) is 2.48. The Morgan fingerprint density at radius 2 is 1.17 bits per heavy atom. The van der Waals surface area contributed by atoms with Gasteiger partial charge in [0.25, 0.3) is 0 Å². The van der Waals surface area contributed by atoms with Gasteiger partial charge in [-0.1, -0.05) is 0 Å². The molecule has 1 nitrogen and oxygen atoms in total.